The van der Waals surface area contributed by atoms with E-state index < -0.39 is 0 Å². The second-order valence-corrected chi connectivity index (χ2v) is 6.52. The second-order valence-electron chi connectivity index (χ2n) is 6.52. The van der Waals surface area contributed by atoms with Gasteiger partial charge >= 0.3 is 0 Å². The van der Waals surface area contributed by atoms with Gasteiger partial charge in [0.15, 0.2) is 0 Å². The van der Waals surface area contributed by atoms with Gasteiger partial charge in [-0.2, -0.15) is 0 Å². The molecule has 2 nitrogen and oxygen atoms in total. The molecular weight excluding hydrogens is 244 g/mol. The maximum absolute atomic E-state index is 3.49. The van der Waals surface area contributed by atoms with Crippen molar-refractivity contribution in [3.63, 3.8) is 0 Å². The maximum Gasteiger partial charge on any atom is 0.0396 e. The monoisotopic (exact) mass is 274 g/mol. The first-order valence-corrected chi connectivity index (χ1v) is 8.18. The molecule has 1 aliphatic rings. The molecule has 1 aliphatic heterocycles. The summed E-state index contributed by atoms with van der Waals surface area (Å²) in [4.78, 5) is 2.59. The highest BCUT2D eigenvalue weighted by Gasteiger charge is 2.19. The number of benzene rings is 1. The Labute approximate surface area is 124 Å². The van der Waals surface area contributed by atoms with Crippen LogP contribution in [0.25, 0.3) is 0 Å². The van der Waals surface area contributed by atoms with Crippen molar-refractivity contribution >= 4 is 5.69 Å². The topological polar surface area (TPSA) is 15.3 Å². The number of aryl methyl sites for hydroxylation is 1. The summed E-state index contributed by atoms with van der Waals surface area (Å²) in [5.74, 6) is 0.880. The minimum Gasteiger partial charge on any atom is -0.371 e. The van der Waals surface area contributed by atoms with Gasteiger partial charge in [-0.05, 0) is 42.9 Å². The largest absolute Gasteiger partial charge is 0.371 e. The van der Waals surface area contributed by atoms with Gasteiger partial charge < -0.3 is 10.2 Å². The third-order valence-electron chi connectivity index (χ3n) is 4.41. The van der Waals surface area contributed by atoms with Crippen LogP contribution in [0.1, 0.15) is 51.2 Å². The minimum atomic E-state index is 0.544. The Morgan fingerprint density at radius 1 is 1.35 bits per heavy atom. The summed E-state index contributed by atoms with van der Waals surface area (Å²) in [6.07, 6.45) is 4.06. The smallest absolute Gasteiger partial charge is 0.0396 e. The summed E-state index contributed by atoms with van der Waals surface area (Å²) < 4.78 is 0. The van der Waals surface area contributed by atoms with E-state index in [-0.39, 0.29) is 0 Å². The summed E-state index contributed by atoms with van der Waals surface area (Å²) in [6.45, 7) is 12.4. The Morgan fingerprint density at radius 2 is 2.15 bits per heavy atom. The van der Waals surface area contributed by atoms with E-state index in [1.807, 2.05) is 0 Å². The van der Waals surface area contributed by atoms with Crippen molar-refractivity contribution in [2.45, 2.75) is 59.5 Å². The molecule has 20 heavy (non-hydrogen) atoms. The van der Waals surface area contributed by atoms with E-state index in [0.29, 0.717) is 6.04 Å². The number of rotatable bonds is 5. The summed E-state index contributed by atoms with van der Waals surface area (Å²) in [6, 6.07) is 7.50. The molecule has 1 aromatic rings. The van der Waals surface area contributed by atoms with Crippen LogP contribution in [0.3, 0.4) is 0 Å². The van der Waals surface area contributed by atoms with Crippen LogP contribution in [0.5, 0.6) is 0 Å². The number of hydrogen-bond donors (Lipinski definition) is 1. The number of anilines is 1. The maximum atomic E-state index is 3.49. The van der Waals surface area contributed by atoms with E-state index in [2.05, 4.69) is 56.1 Å². The van der Waals surface area contributed by atoms with Crippen molar-refractivity contribution < 1.29 is 0 Å². The van der Waals surface area contributed by atoms with Crippen LogP contribution >= 0.6 is 0 Å². The average molecular weight is 274 g/mol. The van der Waals surface area contributed by atoms with Crippen molar-refractivity contribution in [3.8, 4) is 0 Å². The zero-order valence-electron chi connectivity index (χ0n) is 13.6. The van der Waals surface area contributed by atoms with E-state index in [9.17, 15) is 0 Å². The molecule has 1 heterocycles. The predicted molar refractivity (Wildman–Crippen MR) is 88.4 cm³/mol. The van der Waals surface area contributed by atoms with Crippen LogP contribution in [0.4, 0.5) is 5.69 Å². The lowest BCUT2D eigenvalue weighted by Crippen LogP contribution is -2.35. The zero-order chi connectivity index (χ0) is 14.5. The third kappa shape index (κ3) is 3.99. The minimum absolute atomic E-state index is 0.544. The van der Waals surface area contributed by atoms with E-state index in [1.165, 1.54) is 49.2 Å². The molecule has 1 atom stereocenters. The lowest BCUT2D eigenvalue weighted by atomic mass is 9.94. The summed E-state index contributed by atoms with van der Waals surface area (Å²) >= 11 is 0. The van der Waals surface area contributed by atoms with E-state index in [4.69, 9.17) is 0 Å². The molecule has 0 saturated carbocycles. The highest BCUT2D eigenvalue weighted by Crippen LogP contribution is 2.28. The zero-order valence-corrected chi connectivity index (χ0v) is 13.6. The van der Waals surface area contributed by atoms with Gasteiger partial charge in [0.2, 0.25) is 0 Å². The van der Waals surface area contributed by atoms with Crippen molar-refractivity contribution in [2.24, 2.45) is 5.92 Å². The molecule has 112 valence electrons. The fourth-order valence-electron chi connectivity index (χ4n) is 3.12. The Hall–Kier alpha value is -1.02. The molecule has 0 spiro atoms. The molecule has 1 N–H and O–H groups in total. The number of nitrogens with zero attached hydrogens (tertiary/aromatic N) is 1. The lowest BCUT2D eigenvalue weighted by Gasteiger charge is -2.35. The van der Waals surface area contributed by atoms with Crippen LogP contribution in [0.15, 0.2) is 18.2 Å². The molecule has 0 radical (unpaired) electrons. The fourth-order valence-corrected chi connectivity index (χ4v) is 3.12. The summed E-state index contributed by atoms with van der Waals surface area (Å²) in [7, 11) is 0. The van der Waals surface area contributed by atoms with Crippen molar-refractivity contribution in [2.75, 3.05) is 18.0 Å². The Kier molecular flexibility index (Phi) is 5.47. The Balaban J connectivity index is 2.05. The number of piperidine rings is 1. The van der Waals surface area contributed by atoms with Gasteiger partial charge in [0.25, 0.3) is 0 Å². The molecule has 1 fully saturated rings. The van der Waals surface area contributed by atoms with Crippen LogP contribution in [-0.2, 0) is 6.54 Å². The third-order valence-corrected chi connectivity index (χ3v) is 4.41. The van der Waals surface area contributed by atoms with Gasteiger partial charge in [-0.1, -0.05) is 39.3 Å². The van der Waals surface area contributed by atoms with Crippen LogP contribution < -0.4 is 10.2 Å². The van der Waals surface area contributed by atoms with Crippen molar-refractivity contribution in [3.05, 3.63) is 29.3 Å². The van der Waals surface area contributed by atoms with Crippen LogP contribution in [0.2, 0.25) is 0 Å². The van der Waals surface area contributed by atoms with Gasteiger partial charge in [0, 0.05) is 31.4 Å². The van der Waals surface area contributed by atoms with Crippen molar-refractivity contribution in [1.29, 1.82) is 0 Å². The van der Waals surface area contributed by atoms with Crippen LogP contribution in [-0.4, -0.2) is 19.1 Å². The van der Waals surface area contributed by atoms with Gasteiger partial charge in [-0.25, -0.2) is 0 Å². The van der Waals surface area contributed by atoms with Gasteiger partial charge in [-0.3, -0.25) is 0 Å². The molecular formula is C18H30N2. The summed E-state index contributed by atoms with van der Waals surface area (Å²) in [5, 5.41) is 3.49. The molecule has 0 aromatic heterocycles. The second kappa shape index (κ2) is 7.12. The van der Waals surface area contributed by atoms with E-state index in [1.54, 1.807) is 0 Å². The SMILES string of the molecule is CCC1CCCN(c2ccc(CNC(C)C)cc2C)C1. The molecule has 1 aromatic carbocycles. The molecule has 0 amide bonds. The fraction of sp³-hybridized carbons (Fsp3) is 0.667. The first-order chi connectivity index (χ1) is 9.60. The number of nitrogens with one attached hydrogen (secondary N) is 1. The first kappa shape index (κ1) is 15.4. The standard InChI is InChI=1S/C18H30N2/c1-5-16-7-6-10-20(13-16)18-9-8-17(11-15(18)4)12-19-14(2)3/h8-9,11,14,16,19H,5-7,10,12-13H2,1-4H3. The molecule has 0 aliphatic carbocycles. The molecule has 1 saturated heterocycles. The Bertz CT molecular complexity index is 425. The van der Waals surface area contributed by atoms with Gasteiger partial charge in [0.05, 0.1) is 0 Å². The highest BCUT2D eigenvalue weighted by molar-refractivity contribution is 5.54. The van der Waals surface area contributed by atoms with Crippen LogP contribution in [0, 0.1) is 12.8 Å². The highest BCUT2D eigenvalue weighted by atomic mass is 15.1. The summed E-state index contributed by atoms with van der Waals surface area (Å²) in [5.41, 5.74) is 4.25. The molecule has 2 heteroatoms. The molecule has 1 unspecified atom stereocenters. The lowest BCUT2D eigenvalue weighted by molar-refractivity contribution is 0.404. The van der Waals surface area contributed by atoms with Gasteiger partial charge in [0.1, 0.15) is 0 Å². The molecule has 0 bridgehead atoms. The quantitative estimate of drug-likeness (QED) is 0.869. The Morgan fingerprint density at radius 3 is 2.80 bits per heavy atom. The normalized spacial score (nSPS) is 19.6. The molecule has 2 rings (SSSR count). The van der Waals surface area contributed by atoms with Gasteiger partial charge in [-0.15, -0.1) is 0 Å². The van der Waals surface area contributed by atoms with E-state index in [0.717, 1.165) is 12.5 Å². The number of hydrogen-bond acceptors (Lipinski definition) is 2. The van der Waals surface area contributed by atoms with Crippen molar-refractivity contribution in [1.82, 2.24) is 5.32 Å². The average Bonchev–Trinajstić information content (AvgIpc) is 2.45. The van der Waals surface area contributed by atoms with E-state index >= 15 is 0 Å². The predicted octanol–water partition coefficient (Wildman–Crippen LogP) is 4.12. The first-order valence-electron chi connectivity index (χ1n) is 8.18.